The number of hydrogen-bond donors (Lipinski definition) is 0. The van der Waals surface area contributed by atoms with Crippen LogP contribution in [0.25, 0.3) is 0 Å². The number of halogens is 1. The molecule has 0 aromatic carbocycles. The highest BCUT2D eigenvalue weighted by molar-refractivity contribution is 6.13. The molecule has 0 aromatic heterocycles. The minimum atomic E-state index is 0.419. The molecule has 1 unspecified atom stereocenters. The molecular weight excluding hydrogens is 114 g/mol. The molecule has 1 aliphatic rings. The van der Waals surface area contributed by atoms with Crippen LogP contribution >= 0.6 is 11.8 Å². The lowest BCUT2D eigenvalue weighted by Gasteiger charge is -1.99. The van der Waals surface area contributed by atoms with Crippen LogP contribution in [0.1, 0.15) is 0 Å². The molecular formula is C4H8ClNO. The second-order valence-corrected chi connectivity index (χ2v) is 2.32. The molecule has 2 nitrogen and oxygen atoms in total. The Morgan fingerprint density at radius 3 is 2.71 bits per heavy atom. The summed E-state index contributed by atoms with van der Waals surface area (Å²) in [4.78, 5) is 0. The van der Waals surface area contributed by atoms with Gasteiger partial charge in [0.1, 0.15) is 0 Å². The van der Waals surface area contributed by atoms with E-state index >= 15 is 0 Å². The lowest BCUT2D eigenvalue weighted by Crippen LogP contribution is -2.11. The molecule has 1 heterocycles. The number of epoxide rings is 1. The Labute approximate surface area is 48.1 Å². The maximum Gasteiger partial charge on any atom is 0.0949 e. The van der Waals surface area contributed by atoms with Crippen molar-refractivity contribution >= 4 is 11.8 Å². The predicted octanol–water partition coefficient (Wildman–Crippen LogP) is 0.471. The van der Waals surface area contributed by atoms with Gasteiger partial charge in [-0.3, -0.25) is 0 Å². The van der Waals surface area contributed by atoms with Crippen molar-refractivity contribution in [1.82, 2.24) is 4.42 Å². The standard InChI is InChI=1S/C4H8ClNO/c1-6(5)2-4-3-7-4/h4H,2-3H2,1H3. The summed E-state index contributed by atoms with van der Waals surface area (Å²) in [6.45, 7) is 1.73. The summed E-state index contributed by atoms with van der Waals surface area (Å²) in [5, 5.41) is 0. The van der Waals surface area contributed by atoms with Crippen molar-refractivity contribution < 1.29 is 4.74 Å². The first kappa shape index (κ1) is 5.35. The first-order valence-electron chi connectivity index (χ1n) is 2.27. The quantitative estimate of drug-likeness (QED) is 0.390. The smallest absolute Gasteiger partial charge is 0.0949 e. The second-order valence-electron chi connectivity index (χ2n) is 1.74. The van der Waals surface area contributed by atoms with Crippen molar-refractivity contribution in [2.24, 2.45) is 0 Å². The molecule has 1 atom stereocenters. The summed E-state index contributed by atoms with van der Waals surface area (Å²) in [5.74, 6) is 0. The number of rotatable bonds is 2. The molecule has 42 valence electrons. The SMILES string of the molecule is CN(Cl)CC1CO1. The minimum Gasteiger partial charge on any atom is -0.372 e. The van der Waals surface area contributed by atoms with Crippen LogP contribution in [0.3, 0.4) is 0 Å². The highest BCUT2D eigenvalue weighted by atomic mass is 35.5. The molecule has 3 heteroatoms. The number of likely N-dealkylation sites (N-methyl/N-ethyl adjacent to an activating group) is 1. The average molecular weight is 122 g/mol. The minimum absolute atomic E-state index is 0.419. The Balaban J connectivity index is 1.97. The first-order chi connectivity index (χ1) is 3.29. The zero-order valence-corrected chi connectivity index (χ0v) is 4.98. The molecule has 0 saturated carbocycles. The molecule has 0 radical (unpaired) electrons. The van der Waals surface area contributed by atoms with Crippen LogP contribution in [0, 0.1) is 0 Å². The van der Waals surface area contributed by atoms with E-state index in [9.17, 15) is 0 Å². The van der Waals surface area contributed by atoms with Gasteiger partial charge >= 0.3 is 0 Å². The van der Waals surface area contributed by atoms with Crippen LogP contribution in [-0.2, 0) is 4.74 Å². The highest BCUT2D eigenvalue weighted by Crippen LogP contribution is 2.09. The predicted molar refractivity (Wildman–Crippen MR) is 28.2 cm³/mol. The molecule has 0 N–H and O–H groups in total. The third-order valence-corrected chi connectivity index (χ3v) is 0.996. The van der Waals surface area contributed by atoms with E-state index < -0.39 is 0 Å². The molecule has 0 aliphatic carbocycles. The van der Waals surface area contributed by atoms with Crippen LogP contribution in [0.5, 0.6) is 0 Å². The number of ether oxygens (including phenoxy) is 1. The van der Waals surface area contributed by atoms with Gasteiger partial charge in [0.15, 0.2) is 0 Å². The summed E-state index contributed by atoms with van der Waals surface area (Å²) < 4.78 is 6.50. The zero-order chi connectivity index (χ0) is 5.28. The van der Waals surface area contributed by atoms with Crippen LogP contribution in [0.15, 0.2) is 0 Å². The van der Waals surface area contributed by atoms with Gasteiger partial charge in [-0.25, -0.2) is 4.42 Å². The van der Waals surface area contributed by atoms with E-state index in [4.69, 9.17) is 16.5 Å². The number of hydrogen-bond acceptors (Lipinski definition) is 2. The van der Waals surface area contributed by atoms with Gasteiger partial charge < -0.3 is 4.74 Å². The van der Waals surface area contributed by atoms with Crippen molar-refractivity contribution in [3.8, 4) is 0 Å². The van der Waals surface area contributed by atoms with E-state index in [1.807, 2.05) is 7.05 Å². The molecule has 0 aromatic rings. The molecule has 1 rings (SSSR count). The van der Waals surface area contributed by atoms with Gasteiger partial charge in [-0.05, 0) is 11.8 Å². The van der Waals surface area contributed by atoms with Crippen molar-refractivity contribution in [3.05, 3.63) is 0 Å². The number of nitrogens with zero attached hydrogens (tertiary/aromatic N) is 1. The van der Waals surface area contributed by atoms with Crippen LogP contribution in [0.2, 0.25) is 0 Å². The summed E-state index contributed by atoms with van der Waals surface area (Å²) >= 11 is 5.47. The summed E-state index contributed by atoms with van der Waals surface area (Å²) in [5.41, 5.74) is 0. The van der Waals surface area contributed by atoms with Crippen LogP contribution < -0.4 is 0 Å². The Morgan fingerprint density at radius 2 is 2.57 bits per heavy atom. The van der Waals surface area contributed by atoms with E-state index in [2.05, 4.69) is 0 Å². The van der Waals surface area contributed by atoms with Crippen molar-refractivity contribution in [2.45, 2.75) is 6.10 Å². The highest BCUT2D eigenvalue weighted by Gasteiger charge is 2.22. The first-order valence-corrected chi connectivity index (χ1v) is 2.61. The average Bonchev–Trinajstić information content (AvgIpc) is 2.17. The Hall–Kier alpha value is 0.210. The fraction of sp³-hybridized carbons (Fsp3) is 1.00. The van der Waals surface area contributed by atoms with Crippen LogP contribution in [-0.4, -0.2) is 30.7 Å². The van der Waals surface area contributed by atoms with Gasteiger partial charge in [0.25, 0.3) is 0 Å². The topological polar surface area (TPSA) is 15.8 Å². The van der Waals surface area contributed by atoms with Gasteiger partial charge in [-0.15, -0.1) is 0 Å². The molecule has 1 fully saturated rings. The monoisotopic (exact) mass is 121 g/mol. The molecule has 0 spiro atoms. The van der Waals surface area contributed by atoms with Crippen LogP contribution in [0.4, 0.5) is 0 Å². The molecule has 1 saturated heterocycles. The molecule has 0 amide bonds. The van der Waals surface area contributed by atoms with E-state index in [0.717, 1.165) is 13.2 Å². The zero-order valence-electron chi connectivity index (χ0n) is 4.22. The van der Waals surface area contributed by atoms with E-state index in [-0.39, 0.29) is 0 Å². The third-order valence-electron chi connectivity index (χ3n) is 0.858. The molecule has 7 heavy (non-hydrogen) atoms. The normalized spacial score (nSPS) is 28.7. The molecule has 1 aliphatic heterocycles. The van der Waals surface area contributed by atoms with Gasteiger partial charge in [-0.2, -0.15) is 0 Å². The fourth-order valence-electron chi connectivity index (χ4n) is 0.454. The Bertz CT molecular complexity index is 62.7. The lowest BCUT2D eigenvalue weighted by atomic mass is 10.5. The van der Waals surface area contributed by atoms with Gasteiger partial charge in [-0.1, -0.05) is 0 Å². The van der Waals surface area contributed by atoms with E-state index in [1.165, 1.54) is 0 Å². The third kappa shape index (κ3) is 2.12. The maximum atomic E-state index is 5.47. The van der Waals surface area contributed by atoms with E-state index in [0.29, 0.717) is 6.10 Å². The Kier molecular flexibility index (Phi) is 1.52. The maximum absolute atomic E-state index is 5.47. The second kappa shape index (κ2) is 1.99. The van der Waals surface area contributed by atoms with Gasteiger partial charge in [0.05, 0.1) is 12.7 Å². The summed E-state index contributed by atoms with van der Waals surface area (Å²) in [6, 6.07) is 0. The summed E-state index contributed by atoms with van der Waals surface area (Å²) in [6.07, 6.45) is 0.419. The van der Waals surface area contributed by atoms with Gasteiger partial charge in [0, 0.05) is 13.6 Å². The summed E-state index contributed by atoms with van der Waals surface area (Å²) in [7, 11) is 1.82. The van der Waals surface area contributed by atoms with Crippen molar-refractivity contribution in [3.63, 3.8) is 0 Å². The largest absolute Gasteiger partial charge is 0.372 e. The van der Waals surface area contributed by atoms with E-state index in [1.54, 1.807) is 4.42 Å². The van der Waals surface area contributed by atoms with Crippen molar-refractivity contribution in [2.75, 3.05) is 20.2 Å². The Morgan fingerprint density at radius 1 is 2.00 bits per heavy atom. The molecule has 0 bridgehead atoms. The van der Waals surface area contributed by atoms with Crippen molar-refractivity contribution in [1.29, 1.82) is 0 Å². The fourth-order valence-corrected chi connectivity index (χ4v) is 0.608. The lowest BCUT2D eigenvalue weighted by molar-refractivity contribution is 0.369. The van der Waals surface area contributed by atoms with Gasteiger partial charge in [0.2, 0.25) is 0 Å².